The number of nitrogens with zero attached hydrogens (tertiary/aromatic N) is 1. The molecule has 1 aromatic rings. The van der Waals surface area contributed by atoms with Crippen molar-refractivity contribution in [3.63, 3.8) is 0 Å². The Kier molecular flexibility index (Phi) is 3.67. The monoisotopic (exact) mass is 313 g/mol. The molecule has 1 unspecified atom stereocenters. The van der Waals surface area contributed by atoms with E-state index in [-0.39, 0.29) is 17.6 Å². The van der Waals surface area contributed by atoms with Gasteiger partial charge in [0.2, 0.25) is 0 Å². The van der Waals surface area contributed by atoms with Crippen LogP contribution in [0, 0.1) is 5.92 Å². The highest BCUT2D eigenvalue weighted by Crippen LogP contribution is 2.35. The van der Waals surface area contributed by atoms with E-state index >= 15 is 0 Å². The largest absolute Gasteiger partial charge is 0.507 e. The Bertz CT molecular complexity index is 758. The van der Waals surface area contributed by atoms with Crippen molar-refractivity contribution in [1.82, 2.24) is 4.90 Å². The summed E-state index contributed by atoms with van der Waals surface area (Å²) >= 11 is 5.98. The molecule has 0 radical (unpaired) electrons. The Morgan fingerprint density at radius 3 is 2.91 bits per heavy atom. The van der Waals surface area contributed by atoms with Crippen LogP contribution in [0.5, 0.6) is 0 Å². The minimum absolute atomic E-state index is 0.00422. The summed E-state index contributed by atoms with van der Waals surface area (Å²) < 4.78 is 0. The number of aliphatic hydroxyl groups is 1. The number of carbonyl (C=O) groups excluding carboxylic acids is 1. The summed E-state index contributed by atoms with van der Waals surface area (Å²) in [4.78, 5) is 14.2. The molecule has 2 aliphatic rings. The predicted octanol–water partition coefficient (Wildman–Crippen LogP) is 4.14. The number of aliphatic hydroxyl groups excluding tert-OH is 1. The first-order valence-electron chi connectivity index (χ1n) is 7.02. The van der Waals surface area contributed by atoms with Gasteiger partial charge in [0.25, 0.3) is 5.91 Å². The van der Waals surface area contributed by atoms with Crippen LogP contribution >= 0.6 is 11.6 Å². The quantitative estimate of drug-likeness (QED) is 0.891. The minimum Gasteiger partial charge on any atom is -0.507 e. The Morgan fingerprint density at radius 2 is 2.18 bits per heavy atom. The van der Waals surface area contributed by atoms with E-state index in [2.05, 4.69) is 6.58 Å². The van der Waals surface area contributed by atoms with Gasteiger partial charge in [-0.15, -0.1) is 0 Å². The smallest absolute Gasteiger partial charge is 0.258 e. The lowest BCUT2D eigenvalue weighted by Crippen LogP contribution is -2.34. The highest BCUT2D eigenvalue weighted by atomic mass is 35.5. The number of carbonyl (C=O) groups is 1. The van der Waals surface area contributed by atoms with Crippen LogP contribution in [0.4, 0.5) is 0 Å². The third-order valence-electron chi connectivity index (χ3n) is 3.99. The van der Waals surface area contributed by atoms with Crippen LogP contribution in [0.25, 0.3) is 0 Å². The van der Waals surface area contributed by atoms with Crippen molar-refractivity contribution < 1.29 is 9.90 Å². The molecule has 0 saturated heterocycles. The van der Waals surface area contributed by atoms with Crippen molar-refractivity contribution in [1.29, 1.82) is 0 Å². The molecule has 3 nitrogen and oxygen atoms in total. The van der Waals surface area contributed by atoms with E-state index in [1.54, 1.807) is 17.2 Å². The molecule has 1 aromatic carbocycles. The fourth-order valence-electron chi connectivity index (χ4n) is 2.73. The van der Waals surface area contributed by atoms with E-state index in [0.29, 0.717) is 22.7 Å². The zero-order chi connectivity index (χ0) is 15.9. The lowest BCUT2D eigenvalue weighted by Gasteiger charge is -2.31. The van der Waals surface area contributed by atoms with Crippen LogP contribution in [0.1, 0.15) is 12.5 Å². The van der Waals surface area contributed by atoms with E-state index < -0.39 is 0 Å². The molecular formula is C18H16ClNO2. The molecule has 22 heavy (non-hydrogen) atoms. The summed E-state index contributed by atoms with van der Waals surface area (Å²) in [5.74, 6) is -0.390. The number of benzene rings is 1. The zero-order valence-electron chi connectivity index (χ0n) is 12.2. The molecule has 1 N–H and O–H groups in total. The predicted molar refractivity (Wildman–Crippen MR) is 87.2 cm³/mol. The van der Waals surface area contributed by atoms with Gasteiger partial charge in [-0.3, -0.25) is 4.79 Å². The Hall–Kier alpha value is -2.26. The zero-order valence-corrected chi connectivity index (χ0v) is 13.0. The molecule has 1 aliphatic carbocycles. The number of halogens is 1. The maximum absolute atomic E-state index is 12.7. The lowest BCUT2D eigenvalue weighted by atomic mass is 9.84. The second-order valence-corrected chi connectivity index (χ2v) is 5.96. The molecule has 1 amide bonds. The van der Waals surface area contributed by atoms with Crippen LogP contribution < -0.4 is 0 Å². The van der Waals surface area contributed by atoms with Gasteiger partial charge >= 0.3 is 0 Å². The van der Waals surface area contributed by atoms with Gasteiger partial charge in [0.15, 0.2) is 0 Å². The second kappa shape index (κ2) is 5.50. The minimum atomic E-state index is -0.199. The van der Waals surface area contributed by atoms with Crippen LogP contribution in [-0.4, -0.2) is 15.9 Å². The van der Waals surface area contributed by atoms with E-state index in [4.69, 9.17) is 11.6 Å². The number of rotatable bonds is 2. The second-order valence-electron chi connectivity index (χ2n) is 5.52. The van der Waals surface area contributed by atoms with Gasteiger partial charge in [0.1, 0.15) is 5.76 Å². The molecule has 0 bridgehead atoms. The molecule has 1 heterocycles. The van der Waals surface area contributed by atoms with Gasteiger partial charge in [-0.1, -0.05) is 42.5 Å². The molecule has 1 aliphatic heterocycles. The normalized spacial score (nSPS) is 21.1. The van der Waals surface area contributed by atoms with E-state index in [1.807, 2.05) is 37.3 Å². The molecule has 1 atom stereocenters. The molecule has 0 aromatic heterocycles. The average Bonchev–Trinajstić information content (AvgIpc) is 2.48. The first kappa shape index (κ1) is 14.7. The summed E-state index contributed by atoms with van der Waals surface area (Å²) in [6.45, 7) is 6.13. The van der Waals surface area contributed by atoms with E-state index in [1.165, 1.54) is 0 Å². The molecule has 0 fully saturated rings. The summed E-state index contributed by atoms with van der Waals surface area (Å²) in [5, 5.41) is 10.9. The summed E-state index contributed by atoms with van der Waals surface area (Å²) in [6, 6.07) is 7.38. The molecule has 3 rings (SSSR count). The SMILES string of the molecule is C=C1C(C)=CC2C=CN(Cc3cccc(Cl)c3)C(=O)C2=C1O. The Morgan fingerprint density at radius 1 is 1.41 bits per heavy atom. The molecule has 112 valence electrons. The van der Waals surface area contributed by atoms with Gasteiger partial charge in [0.05, 0.1) is 12.1 Å². The third-order valence-corrected chi connectivity index (χ3v) is 4.22. The topological polar surface area (TPSA) is 40.5 Å². The van der Waals surface area contributed by atoms with Crippen molar-refractivity contribution in [3.05, 3.63) is 82.3 Å². The van der Waals surface area contributed by atoms with Crippen LogP contribution in [0.15, 0.2) is 71.7 Å². The first-order chi connectivity index (χ1) is 10.5. The van der Waals surface area contributed by atoms with Crippen molar-refractivity contribution in [2.45, 2.75) is 13.5 Å². The number of hydrogen-bond acceptors (Lipinski definition) is 2. The number of hydrogen-bond donors (Lipinski definition) is 1. The average molecular weight is 314 g/mol. The van der Waals surface area contributed by atoms with Crippen LogP contribution in [0.2, 0.25) is 5.02 Å². The highest BCUT2D eigenvalue weighted by molar-refractivity contribution is 6.30. The van der Waals surface area contributed by atoms with Gasteiger partial charge in [-0.2, -0.15) is 0 Å². The maximum Gasteiger partial charge on any atom is 0.258 e. The van der Waals surface area contributed by atoms with Gasteiger partial charge in [-0.05, 0) is 30.2 Å². The van der Waals surface area contributed by atoms with Crippen molar-refractivity contribution in [2.75, 3.05) is 0 Å². The molecule has 0 saturated carbocycles. The standard InChI is InChI=1S/C18H16ClNO2/c1-11-8-14-6-7-20(10-13-4-3-5-15(19)9-13)18(22)16(14)17(21)12(11)2/h3-9,14,21H,2,10H2,1H3. The van der Waals surface area contributed by atoms with Crippen molar-refractivity contribution >= 4 is 17.5 Å². The maximum atomic E-state index is 12.7. The fourth-order valence-corrected chi connectivity index (χ4v) is 2.94. The molecule has 0 spiro atoms. The van der Waals surface area contributed by atoms with Crippen molar-refractivity contribution in [2.24, 2.45) is 5.92 Å². The van der Waals surface area contributed by atoms with Gasteiger partial charge < -0.3 is 10.0 Å². The lowest BCUT2D eigenvalue weighted by molar-refractivity contribution is -0.126. The van der Waals surface area contributed by atoms with Crippen LogP contribution in [0.3, 0.4) is 0 Å². The first-order valence-corrected chi connectivity index (χ1v) is 7.40. The number of amides is 1. The number of allylic oxidation sites excluding steroid dienone is 3. The third kappa shape index (κ3) is 2.48. The molecular weight excluding hydrogens is 298 g/mol. The fraction of sp³-hybridized carbons (Fsp3) is 0.167. The molecule has 4 heteroatoms. The van der Waals surface area contributed by atoms with Crippen LogP contribution in [-0.2, 0) is 11.3 Å². The van der Waals surface area contributed by atoms with Gasteiger partial charge in [0, 0.05) is 22.7 Å². The highest BCUT2D eigenvalue weighted by Gasteiger charge is 2.33. The summed E-state index contributed by atoms with van der Waals surface area (Å²) in [5.41, 5.74) is 2.73. The summed E-state index contributed by atoms with van der Waals surface area (Å²) in [7, 11) is 0. The van der Waals surface area contributed by atoms with Crippen molar-refractivity contribution in [3.8, 4) is 0 Å². The summed E-state index contributed by atoms with van der Waals surface area (Å²) in [6.07, 6.45) is 5.62. The number of fused-ring (bicyclic) bond motifs is 1. The van der Waals surface area contributed by atoms with E-state index in [9.17, 15) is 9.90 Å². The Balaban J connectivity index is 1.93. The van der Waals surface area contributed by atoms with Gasteiger partial charge in [-0.25, -0.2) is 0 Å². The van der Waals surface area contributed by atoms with E-state index in [0.717, 1.165) is 11.1 Å². The Labute approximate surface area is 134 Å².